The summed E-state index contributed by atoms with van der Waals surface area (Å²) in [5, 5.41) is 3.84. The zero-order valence-corrected chi connectivity index (χ0v) is 11.9. The number of pyridine rings is 1. The summed E-state index contributed by atoms with van der Waals surface area (Å²) < 4.78 is 32.0. The van der Waals surface area contributed by atoms with E-state index in [0.717, 1.165) is 18.5 Å². The molecule has 0 bridgehead atoms. The van der Waals surface area contributed by atoms with Crippen molar-refractivity contribution in [1.82, 2.24) is 14.4 Å². The SMILES string of the molecule is Cc1cc(C2CCCN2S(=O)(=O)c2cccnc2)on1. The second-order valence-electron chi connectivity index (χ2n) is 4.83. The number of hydrogen-bond donors (Lipinski definition) is 0. The Balaban J connectivity index is 1.97. The average molecular weight is 293 g/mol. The first kappa shape index (κ1) is 13.3. The van der Waals surface area contributed by atoms with Crippen molar-refractivity contribution in [1.29, 1.82) is 0 Å². The molecule has 0 saturated carbocycles. The van der Waals surface area contributed by atoms with E-state index in [1.807, 2.05) is 6.92 Å². The van der Waals surface area contributed by atoms with Gasteiger partial charge in [0, 0.05) is 25.0 Å². The van der Waals surface area contributed by atoms with Crippen LogP contribution in [0.1, 0.15) is 30.3 Å². The summed E-state index contributed by atoms with van der Waals surface area (Å²) in [6.07, 6.45) is 4.48. The summed E-state index contributed by atoms with van der Waals surface area (Å²) in [4.78, 5) is 4.09. The number of sulfonamides is 1. The summed E-state index contributed by atoms with van der Waals surface area (Å²) in [7, 11) is -3.54. The van der Waals surface area contributed by atoms with Gasteiger partial charge in [0.1, 0.15) is 4.90 Å². The van der Waals surface area contributed by atoms with Gasteiger partial charge in [-0.3, -0.25) is 4.98 Å². The molecule has 6 nitrogen and oxygen atoms in total. The monoisotopic (exact) mass is 293 g/mol. The Bertz CT molecular complexity index is 697. The van der Waals surface area contributed by atoms with Crippen molar-refractivity contribution in [3.8, 4) is 0 Å². The molecule has 2 aromatic rings. The predicted octanol–water partition coefficient (Wildman–Crippen LogP) is 1.90. The van der Waals surface area contributed by atoms with Gasteiger partial charge in [0.15, 0.2) is 5.76 Å². The number of aromatic nitrogens is 2. The number of nitrogens with zero attached hydrogens (tertiary/aromatic N) is 3. The largest absolute Gasteiger partial charge is 0.359 e. The van der Waals surface area contributed by atoms with Gasteiger partial charge < -0.3 is 4.52 Å². The minimum absolute atomic E-state index is 0.211. The van der Waals surface area contributed by atoms with E-state index < -0.39 is 10.0 Å². The van der Waals surface area contributed by atoms with Crippen molar-refractivity contribution in [2.24, 2.45) is 0 Å². The van der Waals surface area contributed by atoms with E-state index in [1.54, 1.807) is 24.4 Å². The number of rotatable bonds is 3. The van der Waals surface area contributed by atoms with Crippen molar-refractivity contribution < 1.29 is 12.9 Å². The lowest BCUT2D eigenvalue weighted by Crippen LogP contribution is -2.30. The molecule has 0 amide bonds. The summed E-state index contributed by atoms with van der Waals surface area (Å²) in [5.74, 6) is 0.604. The molecule has 1 fully saturated rings. The standard InChI is InChI=1S/C13H15N3O3S/c1-10-8-13(19-15-10)12-5-3-7-16(12)20(17,18)11-4-2-6-14-9-11/h2,4,6,8-9,12H,3,5,7H2,1H3. The Morgan fingerprint density at radius 3 is 2.95 bits per heavy atom. The normalized spacial score (nSPS) is 20.4. The third kappa shape index (κ3) is 2.23. The molecule has 0 N–H and O–H groups in total. The van der Waals surface area contributed by atoms with E-state index >= 15 is 0 Å². The molecule has 1 atom stereocenters. The van der Waals surface area contributed by atoms with Gasteiger partial charge in [-0.2, -0.15) is 4.31 Å². The summed E-state index contributed by atoms with van der Waals surface area (Å²) >= 11 is 0. The Morgan fingerprint density at radius 1 is 1.45 bits per heavy atom. The molecule has 0 spiro atoms. The molecule has 1 aliphatic rings. The molecule has 2 aromatic heterocycles. The van der Waals surface area contributed by atoms with Crippen molar-refractivity contribution >= 4 is 10.0 Å². The lowest BCUT2D eigenvalue weighted by atomic mass is 10.2. The fraction of sp³-hybridized carbons (Fsp3) is 0.385. The van der Waals surface area contributed by atoms with Crippen LogP contribution in [-0.4, -0.2) is 29.4 Å². The van der Waals surface area contributed by atoms with E-state index in [-0.39, 0.29) is 10.9 Å². The highest BCUT2D eigenvalue weighted by Crippen LogP contribution is 2.36. The van der Waals surface area contributed by atoms with Crippen LogP contribution in [0.5, 0.6) is 0 Å². The molecule has 106 valence electrons. The molecule has 1 unspecified atom stereocenters. The van der Waals surface area contributed by atoms with E-state index in [4.69, 9.17) is 4.52 Å². The van der Waals surface area contributed by atoms with Gasteiger partial charge >= 0.3 is 0 Å². The highest BCUT2D eigenvalue weighted by Gasteiger charge is 2.38. The van der Waals surface area contributed by atoms with Gasteiger partial charge in [0.2, 0.25) is 10.0 Å². The minimum Gasteiger partial charge on any atom is -0.359 e. The fourth-order valence-corrected chi connectivity index (χ4v) is 4.12. The lowest BCUT2D eigenvalue weighted by Gasteiger charge is -2.21. The smallest absolute Gasteiger partial charge is 0.245 e. The molecule has 3 rings (SSSR count). The maximum atomic E-state index is 12.6. The van der Waals surface area contributed by atoms with Gasteiger partial charge in [-0.25, -0.2) is 8.42 Å². The Kier molecular flexibility index (Phi) is 3.31. The zero-order valence-electron chi connectivity index (χ0n) is 11.1. The van der Waals surface area contributed by atoms with Gasteiger partial charge in [-0.05, 0) is 31.9 Å². The third-order valence-electron chi connectivity index (χ3n) is 3.42. The molecule has 20 heavy (non-hydrogen) atoms. The van der Waals surface area contributed by atoms with Gasteiger partial charge in [0.05, 0.1) is 11.7 Å². The molecule has 1 aliphatic heterocycles. The molecular formula is C13H15N3O3S. The highest BCUT2D eigenvalue weighted by atomic mass is 32.2. The van der Waals surface area contributed by atoms with Crippen LogP contribution in [0, 0.1) is 6.92 Å². The van der Waals surface area contributed by atoms with Crippen LogP contribution in [-0.2, 0) is 10.0 Å². The molecular weight excluding hydrogens is 278 g/mol. The van der Waals surface area contributed by atoms with Crippen molar-refractivity contribution in [2.45, 2.75) is 30.7 Å². The lowest BCUT2D eigenvalue weighted by molar-refractivity contribution is 0.297. The molecule has 0 aliphatic carbocycles. The van der Waals surface area contributed by atoms with E-state index in [1.165, 1.54) is 10.5 Å². The molecule has 3 heterocycles. The third-order valence-corrected chi connectivity index (χ3v) is 5.31. The van der Waals surface area contributed by atoms with E-state index in [9.17, 15) is 8.42 Å². The fourth-order valence-electron chi connectivity index (χ4n) is 2.49. The van der Waals surface area contributed by atoms with Gasteiger partial charge in [-0.15, -0.1) is 0 Å². The Hall–Kier alpha value is -1.73. The number of hydrogen-bond acceptors (Lipinski definition) is 5. The quantitative estimate of drug-likeness (QED) is 0.864. The van der Waals surface area contributed by atoms with Crippen LogP contribution in [0.15, 0.2) is 40.0 Å². The summed E-state index contributed by atoms with van der Waals surface area (Å²) in [6, 6.07) is 4.70. The molecule has 0 aromatic carbocycles. The van der Waals surface area contributed by atoms with Crippen molar-refractivity contribution in [3.05, 3.63) is 42.0 Å². The highest BCUT2D eigenvalue weighted by molar-refractivity contribution is 7.89. The maximum absolute atomic E-state index is 12.6. The van der Waals surface area contributed by atoms with E-state index in [0.29, 0.717) is 12.3 Å². The van der Waals surface area contributed by atoms with E-state index in [2.05, 4.69) is 10.1 Å². The van der Waals surface area contributed by atoms with Crippen LogP contribution in [0.3, 0.4) is 0 Å². The zero-order chi connectivity index (χ0) is 14.2. The Morgan fingerprint density at radius 2 is 2.30 bits per heavy atom. The molecule has 1 saturated heterocycles. The molecule has 0 radical (unpaired) electrons. The maximum Gasteiger partial charge on any atom is 0.245 e. The second kappa shape index (κ2) is 4.99. The van der Waals surface area contributed by atoms with Crippen LogP contribution in [0.2, 0.25) is 0 Å². The average Bonchev–Trinajstić information content (AvgIpc) is 3.08. The first-order chi connectivity index (χ1) is 9.59. The van der Waals surface area contributed by atoms with Crippen molar-refractivity contribution in [2.75, 3.05) is 6.54 Å². The van der Waals surface area contributed by atoms with Crippen LogP contribution in [0.4, 0.5) is 0 Å². The van der Waals surface area contributed by atoms with Crippen molar-refractivity contribution in [3.63, 3.8) is 0 Å². The topological polar surface area (TPSA) is 76.3 Å². The molecule has 7 heteroatoms. The predicted molar refractivity (Wildman–Crippen MR) is 71.3 cm³/mol. The summed E-state index contributed by atoms with van der Waals surface area (Å²) in [6.45, 7) is 2.31. The summed E-state index contributed by atoms with van der Waals surface area (Å²) in [5.41, 5.74) is 0.755. The van der Waals surface area contributed by atoms with Crippen LogP contribution >= 0.6 is 0 Å². The number of aryl methyl sites for hydroxylation is 1. The first-order valence-electron chi connectivity index (χ1n) is 6.44. The Labute approximate surface area is 117 Å². The van der Waals surface area contributed by atoms with Gasteiger partial charge in [0.25, 0.3) is 0 Å². The first-order valence-corrected chi connectivity index (χ1v) is 7.88. The van der Waals surface area contributed by atoms with Crippen LogP contribution < -0.4 is 0 Å². The van der Waals surface area contributed by atoms with Crippen LogP contribution in [0.25, 0.3) is 0 Å². The second-order valence-corrected chi connectivity index (χ2v) is 6.72. The minimum atomic E-state index is -3.54. The van der Waals surface area contributed by atoms with Gasteiger partial charge in [-0.1, -0.05) is 5.16 Å².